The summed E-state index contributed by atoms with van der Waals surface area (Å²) in [7, 11) is 3.09. The van der Waals surface area contributed by atoms with Crippen LogP contribution in [0.2, 0.25) is 0 Å². The lowest BCUT2D eigenvalue weighted by Crippen LogP contribution is -2.20. The van der Waals surface area contributed by atoms with Crippen molar-refractivity contribution in [1.82, 2.24) is 15.1 Å². The van der Waals surface area contributed by atoms with E-state index in [9.17, 15) is 4.79 Å². The second-order valence-electron chi connectivity index (χ2n) is 6.73. The maximum Gasteiger partial charge on any atom is 0.323 e. The Morgan fingerprint density at radius 1 is 1.00 bits per heavy atom. The van der Waals surface area contributed by atoms with Gasteiger partial charge < -0.3 is 24.6 Å². The van der Waals surface area contributed by atoms with E-state index in [4.69, 9.17) is 14.0 Å². The van der Waals surface area contributed by atoms with Crippen LogP contribution >= 0.6 is 0 Å². The van der Waals surface area contributed by atoms with Crippen LogP contribution in [-0.4, -0.2) is 35.4 Å². The zero-order valence-electron chi connectivity index (χ0n) is 17.5. The zero-order valence-corrected chi connectivity index (χ0v) is 17.5. The number of urea groups is 1. The molecule has 0 fully saturated rings. The van der Waals surface area contributed by atoms with Crippen molar-refractivity contribution in [2.75, 3.05) is 24.9 Å². The predicted molar refractivity (Wildman–Crippen MR) is 119 cm³/mol. The molecule has 9 heteroatoms. The fraction of sp³-hybridized carbons (Fsp3) is 0.130. The average Bonchev–Trinajstić information content (AvgIpc) is 3.30. The lowest BCUT2D eigenvalue weighted by molar-refractivity contribution is 0.262. The van der Waals surface area contributed by atoms with Gasteiger partial charge in [0.15, 0.2) is 0 Å². The molecule has 32 heavy (non-hydrogen) atoms. The molecular formula is C23H21N5O4. The van der Waals surface area contributed by atoms with Gasteiger partial charge in [-0.25, -0.2) is 4.79 Å². The number of hydrogen-bond donors (Lipinski definition) is 2. The molecule has 0 saturated heterocycles. The number of para-hydroxylation sites is 1. The first-order valence-corrected chi connectivity index (χ1v) is 9.77. The number of methoxy groups -OCH3 is 2. The van der Waals surface area contributed by atoms with Crippen molar-refractivity contribution in [1.29, 1.82) is 0 Å². The predicted octanol–water partition coefficient (Wildman–Crippen LogP) is 4.38. The van der Waals surface area contributed by atoms with Crippen molar-refractivity contribution < 1.29 is 18.8 Å². The molecule has 0 radical (unpaired) electrons. The van der Waals surface area contributed by atoms with E-state index < -0.39 is 6.03 Å². The van der Waals surface area contributed by atoms with E-state index in [2.05, 4.69) is 25.8 Å². The number of anilines is 2. The molecule has 0 aliphatic carbocycles. The second kappa shape index (κ2) is 9.61. The first-order chi connectivity index (χ1) is 15.7. The highest BCUT2D eigenvalue weighted by molar-refractivity contribution is 6.01. The van der Waals surface area contributed by atoms with E-state index >= 15 is 0 Å². The average molecular weight is 431 g/mol. The SMILES string of the molecule is COc1ccc(NC(=O)Nc2ccccc2Cc2nc(-c3cccnc3)no2)c(OC)c1. The van der Waals surface area contributed by atoms with Crippen molar-refractivity contribution in [2.24, 2.45) is 0 Å². The van der Waals surface area contributed by atoms with Crippen LogP contribution < -0.4 is 20.1 Å². The number of rotatable bonds is 7. The monoisotopic (exact) mass is 431 g/mol. The number of aromatic nitrogens is 3. The summed E-state index contributed by atoms with van der Waals surface area (Å²) < 4.78 is 15.9. The maximum absolute atomic E-state index is 12.6. The number of nitrogens with one attached hydrogen (secondary N) is 2. The van der Waals surface area contributed by atoms with E-state index in [1.807, 2.05) is 24.3 Å². The maximum atomic E-state index is 12.6. The standard InChI is InChI=1S/C23H21N5O4/c1-30-17-9-10-19(20(13-17)31-2)26-23(29)25-18-8-4-3-6-15(18)12-21-27-22(28-32-21)16-7-5-11-24-14-16/h3-11,13-14H,12H2,1-2H3,(H2,25,26,29). The largest absolute Gasteiger partial charge is 0.497 e. The van der Waals surface area contributed by atoms with Gasteiger partial charge >= 0.3 is 6.03 Å². The summed E-state index contributed by atoms with van der Waals surface area (Å²) in [5, 5.41) is 9.66. The van der Waals surface area contributed by atoms with Gasteiger partial charge in [0.05, 0.1) is 26.3 Å². The molecule has 0 aliphatic rings. The molecule has 0 saturated carbocycles. The molecule has 0 atom stereocenters. The smallest absolute Gasteiger partial charge is 0.323 e. The second-order valence-corrected chi connectivity index (χ2v) is 6.73. The van der Waals surface area contributed by atoms with E-state index in [-0.39, 0.29) is 0 Å². The molecule has 0 unspecified atom stereocenters. The number of amides is 2. The lowest BCUT2D eigenvalue weighted by Gasteiger charge is -2.14. The molecule has 2 amide bonds. The van der Waals surface area contributed by atoms with Gasteiger partial charge in [-0.3, -0.25) is 4.98 Å². The molecule has 162 valence electrons. The van der Waals surface area contributed by atoms with Crippen LogP contribution in [0.25, 0.3) is 11.4 Å². The molecular weight excluding hydrogens is 410 g/mol. The molecule has 4 aromatic rings. The zero-order chi connectivity index (χ0) is 22.3. The van der Waals surface area contributed by atoms with Gasteiger partial charge in [-0.1, -0.05) is 23.4 Å². The van der Waals surface area contributed by atoms with E-state index in [1.165, 1.54) is 7.11 Å². The number of hydrogen-bond acceptors (Lipinski definition) is 7. The Hall–Kier alpha value is -4.40. The fourth-order valence-corrected chi connectivity index (χ4v) is 3.08. The fourth-order valence-electron chi connectivity index (χ4n) is 3.08. The van der Waals surface area contributed by atoms with Crippen LogP contribution in [0.5, 0.6) is 11.5 Å². The Bertz CT molecular complexity index is 1210. The Labute approximate surface area is 184 Å². The Balaban J connectivity index is 1.47. The first-order valence-electron chi connectivity index (χ1n) is 9.77. The number of carbonyl (C=O) groups is 1. The van der Waals surface area contributed by atoms with Gasteiger partial charge in [-0.15, -0.1) is 0 Å². The van der Waals surface area contributed by atoms with Gasteiger partial charge in [0.1, 0.15) is 11.5 Å². The van der Waals surface area contributed by atoms with Crippen molar-refractivity contribution >= 4 is 17.4 Å². The minimum Gasteiger partial charge on any atom is -0.497 e. The Morgan fingerprint density at radius 3 is 2.62 bits per heavy atom. The Kier molecular flexibility index (Phi) is 6.26. The normalized spacial score (nSPS) is 10.4. The highest BCUT2D eigenvalue weighted by Gasteiger charge is 2.14. The molecule has 2 aromatic carbocycles. The summed E-state index contributed by atoms with van der Waals surface area (Å²) >= 11 is 0. The van der Waals surface area contributed by atoms with Gasteiger partial charge in [0.2, 0.25) is 11.7 Å². The highest BCUT2D eigenvalue weighted by atomic mass is 16.5. The third-order valence-corrected chi connectivity index (χ3v) is 4.65. The van der Waals surface area contributed by atoms with Crippen LogP contribution in [0, 0.1) is 0 Å². The van der Waals surface area contributed by atoms with Crippen molar-refractivity contribution in [3.05, 3.63) is 78.4 Å². The number of carbonyl (C=O) groups excluding carboxylic acids is 1. The van der Waals surface area contributed by atoms with Crippen LogP contribution in [0.15, 0.2) is 71.5 Å². The van der Waals surface area contributed by atoms with Crippen molar-refractivity contribution in [2.45, 2.75) is 6.42 Å². The number of nitrogens with zero attached hydrogens (tertiary/aromatic N) is 3. The van der Waals surface area contributed by atoms with E-state index in [1.54, 1.807) is 49.8 Å². The van der Waals surface area contributed by atoms with Crippen molar-refractivity contribution in [3.8, 4) is 22.9 Å². The molecule has 2 heterocycles. The summed E-state index contributed by atoms with van der Waals surface area (Å²) in [6, 6.07) is 15.8. The van der Waals surface area contributed by atoms with Gasteiger partial charge in [-0.05, 0) is 35.9 Å². The third-order valence-electron chi connectivity index (χ3n) is 4.65. The van der Waals surface area contributed by atoms with Crippen molar-refractivity contribution in [3.63, 3.8) is 0 Å². The van der Waals surface area contributed by atoms with Crippen LogP contribution in [-0.2, 0) is 6.42 Å². The van der Waals surface area contributed by atoms with E-state index in [0.29, 0.717) is 41.0 Å². The summed E-state index contributed by atoms with van der Waals surface area (Å²) in [6.07, 6.45) is 3.70. The minimum absolute atomic E-state index is 0.357. The molecule has 2 N–H and O–H groups in total. The quantitative estimate of drug-likeness (QED) is 0.446. The number of benzene rings is 2. The summed E-state index contributed by atoms with van der Waals surface area (Å²) in [6.45, 7) is 0. The molecule has 2 aromatic heterocycles. The minimum atomic E-state index is -0.414. The first kappa shape index (κ1) is 20.9. The summed E-state index contributed by atoms with van der Waals surface area (Å²) in [5.41, 5.74) is 2.73. The third kappa shape index (κ3) is 4.84. The molecule has 0 aliphatic heterocycles. The number of ether oxygens (including phenoxy) is 2. The molecule has 9 nitrogen and oxygen atoms in total. The van der Waals surface area contributed by atoms with E-state index in [0.717, 1.165) is 11.1 Å². The topological polar surface area (TPSA) is 111 Å². The van der Waals surface area contributed by atoms with Crippen LogP contribution in [0.4, 0.5) is 16.2 Å². The number of pyridine rings is 1. The van der Waals surface area contributed by atoms with Gasteiger partial charge in [-0.2, -0.15) is 4.98 Å². The molecule has 0 spiro atoms. The lowest BCUT2D eigenvalue weighted by atomic mass is 10.1. The summed E-state index contributed by atoms with van der Waals surface area (Å²) in [4.78, 5) is 21.1. The summed E-state index contributed by atoms with van der Waals surface area (Å²) in [5.74, 6) is 2.00. The van der Waals surface area contributed by atoms with Gasteiger partial charge in [0.25, 0.3) is 0 Å². The Morgan fingerprint density at radius 2 is 1.84 bits per heavy atom. The molecule has 0 bridgehead atoms. The molecule has 4 rings (SSSR count). The van der Waals surface area contributed by atoms with Crippen LogP contribution in [0.1, 0.15) is 11.5 Å². The van der Waals surface area contributed by atoms with Gasteiger partial charge in [0, 0.05) is 29.7 Å². The highest BCUT2D eigenvalue weighted by Crippen LogP contribution is 2.29. The van der Waals surface area contributed by atoms with Crippen LogP contribution in [0.3, 0.4) is 0 Å².